The Bertz CT molecular complexity index is 489. The molecule has 0 bridgehead atoms. The Morgan fingerprint density at radius 1 is 1.04 bits per heavy atom. The molecule has 1 aromatic carbocycles. The van der Waals surface area contributed by atoms with Crippen LogP contribution in [-0.2, 0) is 0 Å². The Kier molecular flexibility index (Phi) is 9.68. The van der Waals surface area contributed by atoms with Crippen LogP contribution in [0.4, 0.5) is 5.69 Å². The van der Waals surface area contributed by atoms with Gasteiger partial charge in [0.2, 0.25) is 0 Å². The molecular formula is C18H28N2O3. The summed E-state index contributed by atoms with van der Waals surface area (Å²) in [4.78, 5) is 22.1. The van der Waals surface area contributed by atoms with E-state index in [1.807, 2.05) is 0 Å². The summed E-state index contributed by atoms with van der Waals surface area (Å²) in [6, 6.07) is 5.83. The number of amides is 1. The van der Waals surface area contributed by atoms with Crippen molar-refractivity contribution < 1.29 is 9.72 Å². The Labute approximate surface area is 138 Å². The predicted octanol–water partition coefficient (Wildman–Crippen LogP) is 4.86. The fourth-order valence-electron chi connectivity index (χ4n) is 2.50. The van der Waals surface area contributed by atoms with E-state index in [2.05, 4.69) is 12.2 Å². The van der Waals surface area contributed by atoms with E-state index in [-0.39, 0.29) is 11.6 Å². The van der Waals surface area contributed by atoms with Crippen LogP contribution in [0, 0.1) is 10.1 Å². The normalized spacial score (nSPS) is 10.5. The van der Waals surface area contributed by atoms with Gasteiger partial charge in [0.05, 0.1) is 4.92 Å². The highest BCUT2D eigenvalue weighted by atomic mass is 16.6. The van der Waals surface area contributed by atoms with E-state index in [4.69, 9.17) is 0 Å². The van der Waals surface area contributed by atoms with Crippen LogP contribution in [-0.4, -0.2) is 17.4 Å². The van der Waals surface area contributed by atoms with Crippen LogP contribution >= 0.6 is 0 Å². The monoisotopic (exact) mass is 320 g/mol. The minimum absolute atomic E-state index is 0.0549. The van der Waals surface area contributed by atoms with Gasteiger partial charge in [-0.25, -0.2) is 0 Å². The van der Waals surface area contributed by atoms with Crippen LogP contribution in [0.1, 0.15) is 75.1 Å². The smallest absolute Gasteiger partial charge is 0.270 e. The van der Waals surface area contributed by atoms with Gasteiger partial charge in [0, 0.05) is 24.2 Å². The molecular weight excluding hydrogens is 292 g/mol. The zero-order valence-corrected chi connectivity index (χ0v) is 14.1. The van der Waals surface area contributed by atoms with E-state index in [9.17, 15) is 14.9 Å². The van der Waals surface area contributed by atoms with Crippen molar-refractivity contribution in [1.82, 2.24) is 5.32 Å². The lowest BCUT2D eigenvalue weighted by Gasteiger charge is -2.05. The maximum absolute atomic E-state index is 11.9. The van der Waals surface area contributed by atoms with Crippen LogP contribution in [0.15, 0.2) is 24.3 Å². The standard InChI is InChI=1S/C18H28N2O3/c1-2-3-4-5-6-7-8-9-10-14-19-18(21)16-12-11-13-17(15-16)20(22)23/h11-13,15H,2-10,14H2,1H3,(H,19,21). The minimum Gasteiger partial charge on any atom is -0.352 e. The number of unbranched alkanes of at least 4 members (excludes halogenated alkanes) is 8. The van der Waals surface area contributed by atoms with Crippen LogP contribution in [0.25, 0.3) is 0 Å². The number of hydrogen-bond acceptors (Lipinski definition) is 3. The van der Waals surface area contributed by atoms with Gasteiger partial charge in [-0.15, -0.1) is 0 Å². The number of non-ortho nitro benzene ring substituents is 1. The molecule has 0 heterocycles. The average Bonchev–Trinajstić information content (AvgIpc) is 2.56. The lowest BCUT2D eigenvalue weighted by molar-refractivity contribution is -0.384. The van der Waals surface area contributed by atoms with Gasteiger partial charge in [-0.2, -0.15) is 0 Å². The van der Waals surface area contributed by atoms with Crippen molar-refractivity contribution in [1.29, 1.82) is 0 Å². The lowest BCUT2D eigenvalue weighted by Crippen LogP contribution is -2.24. The van der Waals surface area contributed by atoms with Gasteiger partial charge in [-0.1, -0.05) is 64.4 Å². The van der Waals surface area contributed by atoms with E-state index < -0.39 is 4.92 Å². The predicted molar refractivity (Wildman–Crippen MR) is 92.7 cm³/mol. The van der Waals surface area contributed by atoms with Gasteiger partial charge >= 0.3 is 0 Å². The van der Waals surface area contributed by atoms with Crippen molar-refractivity contribution in [2.45, 2.75) is 64.7 Å². The Morgan fingerprint density at radius 3 is 2.26 bits per heavy atom. The van der Waals surface area contributed by atoms with Crippen LogP contribution < -0.4 is 5.32 Å². The topological polar surface area (TPSA) is 72.2 Å². The first-order chi connectivity index (χ1) is 11.1. The number of nitro groups is 1. The fourth-order valence-corrected chi connectivity index (χ4v) is 2.50. The number of carbonyl (C=O) groups excluding carboxylic acids is 1. The molecule has 128 valence electrons. The van der Waals surface area contributed by atoms with Crippen LogP contribution in [0.5, 0.6) is 0 Å². The van der Waals surface area contributed by atoms with Crippen molar-refractivity contribution in [3.05, 3.63) is 39.9 Å². The molecule has 0 aliphatic heterocycles. The summed E-state index contributed by atoms with van der Waals surface area (Å²) in [5.41, 5.74) is 0.288. The highest BCUT2D eigenvalue weighted by Gasteiger charge is 2.10. The molecule has 1 N–H and O–H groups in total. The van der Waals surface area contributed by atoms with Gasteiger partial charge < -0.3 is 5.32 Å². The van der Waals surface area contributed by atoms with Gasteiger partial charge in [-0.05, 0) is 12.5 Å². The molecule has 0 saturated carbocycles. The van der Waals surface area contributed by atoms with Gasteiger partial charge in [0.15, 0.2) is 0 Å². The number of hydrogen-bond donors (Lipinski definition) is 1. The summed E-state index contributed by atoms with van der Waals surface area (Å²) >= 11 is 0. The average molecular weight is 320 g/mol. The maximum Gasteiger partial charge on any atom is 0.270 e. The molecule has 5 nitrogen and oxygen atoms in total. The molecule has 0 radical (unpaired) electrons. The number of nitrogens with one attached hydrogen (secondary N) is 1. The fraction of sp³-hybridized carbons (Fsp3) is 0.611. The van der Waals surface area contributed by atoms with E-state index in [1.54, 1.807) is 6.07 Å². The van der Waals surface area contributed by atoms with Crippen molar-refractivity contribution in [2.24, 2.45) is 0 Å². The maximum atomic E-state index is 11.9. The highest BCUT2D eigenvalue weighted by Crippen LogP contribution is 2.13. The van der Waals surface area contributed by atoms with E-state index >= 15 is 0 Å². The van der Waals surface area contributed by atoms with E-state index in [1.165, 1.54) is 63.1 Å². The summed E-state index contributed by atoms with van der Waals surface area (Å²) < 4.78 is 0. The first kappa shape index (κ1) is 19.1. The zero-order chi connectivity index (χ0) is 16.9. The van der Waals surface area contributed by atoms with Crippen molar-refractivity contribution >= 4 is 11.6 Å². The Balaban J connectivity index is 2.10. The molecule has 0 aromatic heterocycles. The zero-order valence-electron chi connectivity index (χ0n) is 14.1. The van der Waals surface area contributed by atoms with Crippen molar-refractivity contribution in [3.8, 4) is 0 Å². The Hall–Kier alpha value is -1.91. The van der Waals surface area contributed by atoms with E-state index in [0.717, 1.165) is 12.8 Å². The van der Waals surface area contributed by atoms with E-state index in [0.29, 0.717) is 12.1 Å². The molecule has 0 atom stereocenters. The molecule has 0 spiro atoms. The number of nitrogens with zero attached hydrogens (tertiary/aromatic N) is 1. The minimum atomic E-state index is -0.489. The molecule has 5 heteroatoms. The quantitative estimate of drug-likeness (QED) is 0.340. The summed E-state index contributed by atoms with van der Waals surface area (Å²) in [6.07, 6.45) is 11.1. The Morgan fingerprint density at radius 2 is 1.65 bits per heavy atom. The first-order valence-electron chi connectivity index (χ1n) is 8.67. The molecule has 1 amide bonds. The number of nitro benzene ring substituents is 1. The third-order valence-corrected chi connectivity index (χ3v) is 3.89. The molecule has 0 fully saturated rings. The second-order valence-electron chi connectivity index (χ2n) is 5.89. The lowest BCUT2D eigenvalue weighted by atomic mass is 10.1. The van der Waals surface area contributed by atoms with Crippen LogP contribution in [0.2, 0.25) is 0 Å². The molecule has 1 rings (SSSR count). The highest BCUT2D eigenvalue weighted by molar-refractivity contribution is 5.94. The molecule has 23 heavy (non-hydrogen) atoms. The van der Waals surface area contributed by atoms with Gasteiger partial charge in [0.25, 0.3) is 11.6 Å². The summed E-state index contributed by atoms with van der Waals surface area (Å²) in [6.45, 7) is 2.85. The number of benzene rings is 1. The largest absolute Gasteiger partial charge is 0.352 e. The second kappa shape index (κ2) is 11.6. The SMILES string of the molecule is CCCCCCCCCCCNC(=O)c1cccc([N+](=O)[O-])c1. The molecule has 1 aromatic rings. The van der Waals surface area contributed by atoms with Crippen molar-refractivity contribution in [3.63, 3.8) is 0 Å². The molecule has 0 aliphatic carbocycles. The summed E-state index contributed by atoms with van der Waals surface area (Å²) in [5.74, 6) is -0.242. The molecule has 0 saturated heterocycles. The third kappa shape index (κ3) is 8.33. The third-order valence-electron chi connectivity index (χ3n) is 3.89. The summed E-state index contributed by atoms with van der Waals surface area (Å²) in [7, 11) is 0. The molecule has 0 aliphatic rings. The summed E-state index contributed by atoms with van der Waals surface area (Å²) in [5, 5.41) is 13.5. The number of rotatable bonds is 12. The second-order valence-corrected chi connectivity index (χ2v) is 5.89. The van der Waals surface area contributed by atoms with Gasteiger partial charge in [0.1, 0.15) is 0 Å². The van der Waals surface area contributed by atoms with Crippen LogP contribution in [0.3, 0.4) is 0 Å². The van der Waals surface area contributed by atoms with Gasteiger partial charge in [-0.3, -0.25) is 14.9 Å². The van der Waals surface area contributed by atoms with Crippen molar-refractivity contribution in [2.75, 3.05) is 6.54 Å². The number of carbonyl (C=O) groups is 1. The molecule has 0 unspecified atom stereocenters. The first-order valence-corrected chi connectivity index (χ1v) is 8.67.